The van der Waals surface area contributed by atoms with Crippen LogP contribution in [0.4, 0.5) is 10.3 Å². The molecule has 5 nitrogen and oxygen atoms in total. The molecule has 0 saturated heterocycles. The summed E-state index contributed by atoms with van der Waals surface area (Å²) in [5, 5.41) is 14.9. The van der Waals surface area contributed by atoms with E-state index in [0.29, 0.717) is 11.5 Å². The second kappa shape index (κ2) is 6.10. The summed E-state index contributed by atoms with van der Waals surface area (Å²) in [4.78, 5) is 0. The van der Waals surface area contributed by atoms with Crippen LogP contribution in [0.25, 0.3) is 5.70 Å². The highest BCUT2D eigenvalue weighted by atomic mass is 79.9. The summed E-state index contributed by atoms with van der Waals surface area (Å²) in [6.45, 7) is 0. The molecule has 2 heterocycles. The third-order valence-electron chi connectivity index (χ3n) is 3.74. The maximum absolute atomic E-state index is 14.4. The van der Waals surface area contributed by atoms with Gasteiger partial charge in [0.1, 0.15) is 11.9 Å². The lowest BCUT2D eigenvalue weighted by Gasteiger charge is -2.24. The Kier molecular flexibility index (Phi) is 3.93. The molecular weight excluding hydrogens is 441 g/mol. The molecule has 1 aliphatic heterocycles. The van der Waals surface area contributed by atoms with E-state index < -0.39 is 6.04 Å². The zero-order chi connectivity index (χ0) is 16.7. The van der Waals surface area contributed by atoms with Crippen molar-refractivity contribution in [2.75, 3.05) is 5.32 Å². The van der Waals surface area contributed by atoms with Gasteiger partial charge in [-0.25, -0.2) is 4.39 Å². The third-order valence-corrected chi connectivity index (χ3v) is 4.73. The fourth-order valence-corrected chi connectivity index (χ4v) is 3.42. The van der Waals surface area contributed by atoms with Gasteiger partial charge >= 0.3 is 0 Å². The predicted octanol–water partition coefficient (Wildman–Crippen LogP) is 4.39. The molecule has 2 aromatic carbocycles. The number of tetrazole rings is 1. The summed E-state index contributed by atoms with van der Waals surface area (Å²) in [6.07, 6.45) is 1.91. The van der Waals surface area contributed by atoms with E-state index >= 15 is 0 Å². The fraction of sp³-hybridized carbons (Fsp3) is 0.0625. The molecule has 0 fully saturated rings. The van der Waals surface area contributed by atoms with Crippen LogP contribution in [0.5, 0.6) is 0 Å². The van der Waals surface area contributed by atoms with E-state index in [-0.39, 0.29) is 5.82 Å². The Bertz CT molecular complexity index is 953. The van der Waals surface area contributed by atoms with E-state index in [0.717, 1.165) is 20.2 Å². The molecule has 3 aromatic rings. The number of benzene rings is 2. The van der Waals surface area contributed by atoms with Gasteiger partial charge in [-0.15, -0.1) is 0 Å². The highest BCUT2D eigenvalue weighted by Gasteiger charge is 2.26. The van der Waals surface area contributed by atoms with Crippen LogP contribution in [0.15, 0.2) is 57.5 Å². The monoisotopic (exact) mass is 449 g/mol. The van der Waals surface area contributed by atoms with Crippen molar-refractivity contribution in [2.24, 2.45) is 0 Å². The molecule has 8 heteroatoms. The molecule has 0 radical (unpaired) electrons. The van der Waals surface area contributed by atoms with Crippen molar-refractivity contribution in [3.05, 3.63) is 74.4 Å². The number of aromatic nitrogens is 4. The van der Waals surface area contributed by atoms with Crippen molar-refractivity contribution in [2.45, 2.75) is 6.04 Å². The molecule has 1 N–H and O–H groups in total. The molecule has 4 rings (SSSR count). The Hall–Kier alpha value is -2.06. The number of hydrogen-bond acceptors (Lipinski definition) is 4. The molecule has 1 unspecified atom stereocenters. The number of hydrogen-bond donors (Lipinski definition) is 1. The number of fused-ring (bicyclic) bond motifs is 1. The number of nitrogens with zero attached hydrogens (tertiary/aromatic N) is 4. The molecule has 0 saturated carbocycles. The molecule has 0 amide bonds. The van der Waals surface area contributed by atoms with Crippen LogP contribution in [0, 0.1) is 5.82 Å². The Morgan fingerprint density at radius 2 is 1.92 bits per heavy atom. The highest BCUT2D eigenvalue weighted by Crippen LogP contribution is 2.34. The van der Waals surface area contributed by atoms with E-state index in [9.17, 15) is 4.39 Å². The van der Waals surface area contributed by atoms with E-state index in [1.165, 1.54) is 6.07 Å². The first-order chi connectivity index (χ1) is 11.6. The van der Waals surface area contributed by atoms with Gasteiger partial charge in [0.2, 0.25) is 5.95 Å². The van der Waals surface area contributed by atoms with Crippen LogP contribution in [0.1, 0.15) is 17.2 Å². The molecule has 120 valence electrons. The number of anilines is 1. The van der Waals surface area contributed by atoms with Gasteiger partial charge in [-0.2, -0.15) is 4.68 Å². The van der Waals surface area contributed by atoms with Crippen molar-refractivity contribution in [1.29, 1.82) is 0 Å². The SMILES string of the molecule is Fc1ccc(Br)cc1C1C=C(c2cccc(Br)c2)Nc2nnnn21. The second-order valence-electron chi connectivity index (χ2n) is 5.27. The van der Waals surface area contributed by atoms with Crippen LogP contribution < -0.4 is 5.32 Å². The largest absolute Gasteiger partial charge is 0.323 e. The van der Waals surface area contributed by atoms with Crippen LogP contribution in [0.3, 0.4) is 0 Å². The van der Waals surface area contributed by atoms with Gasteiger partial charge in [0.15, 0.2) is 0 Å². The standard InChI is InChI=1S/C16H10Br2FN5/c17-10-3-1-2-9(6-10)14-8-15(24-16(20-14)21-22-23-24)12-7-11(18)4-5-13(12)19/h1-8,15H,(H,20,21,23). The van der Waals surface area contributed by atoms with E-state index in [1.807, 2.05) is 30.3 Å². The number of rotatable bonds is 2. The minimum absolute atomic E-state index is 0.309. The first kappa shape index (κ1) is 15.5. The lowest BCUT2D eigenvalue weighted by molar-refractivity contribution is 0.539. The van der Waals surface area contributed by atoms with Crippen molar-refractivity contribution >= 4 is 43.5 Å². The smallest absolute Gasteiger partial charge is 0.248 e. The van der Waals surface area contributed by atoms with Gasteiger partial charge in [0.05, 0.1) is 0 Å². The summed E-state index contributed by atoms with van der Waals surface area (Å²) < 4.78 is 17.7. The van der Waals surface area contributed by atoms with E-state index in [1.54, 1.807) is 16.8 Å². The van der Waals surface area contributed by atoms with Crippen molar-refractivity contribution < 1.29 is 4.39 Å². The number of halogens is 3. The molecule has 1 aromatic heterocycles. The van der Waals surface area contributed by atoms with Gasteiger partial charge in [0, 0.05) is 20.2 Å². The summed E-state index contributed by atoms with van der Waals surface area (Å²) >= 11 is 6.86. The van der Waals surface area contributed by atoms with Gasteiger partial charge in [-0.1, -0.05) is 49.1 Å². The minimum Gasteiger partial charge on any atom is -0.323 e. The van der Waals surface area contributed by atoms with Crippen LogP contribution in [-0.2, 0) is 0 Å². The molecule has 1 aliphatic rings. The number of allylic oxidation sites excluding steroid dienone is 1. The average molecular weight is 451 g/mol. The lowest BCUT2D eigenvalue weighted by Crippen LogP contribution is -2.21. The first-order valence-electron chi connectivity index (χ1n) is 7.09. The van der Waals surface area contributed by atoms with E-state index in [4.69, 9.17) is 0 Å². The van der Waals surface area contributed by atoms with Gasteiger partial charge in [-0.05, 0) is 52.4 Å². The Balaban J connectivity index is 1.87. The van der Waals surface area contributed by atoms with Crippen LogP contribution >= 0.6 is 31.9 Å². The molecule has 24 heavy (non-hydrogen) atoms. The normalized spacial score (nSPS) is 16.3. The maximum Gasteiger partial charge on any atom is 0.248 e. The topological polar surface area (TPSA) is 55.6 Å². The third kappa shape index (κ3) is 2.76. The predicted molar refractivity (Wildman–Crippen MR) is 95.8 cm³/mol. The Morgan fingerprint density at radius 1 is 1.08 bits per heavy atom. The summed E-state index contributed by atoms with van der Waals surface area (Å²) in [7, 11) is 0. The highest BCUT2D eigenvalue weighted by molar-refractivity contribution is 9.10. The van der Waals surface area contributed by atoms with Crippen molar-refractivity contribution in [1.82, 2.24) is 20.2 Å². The first-order valence-corrected chi connectivity index (χ1v) is 8.68. The summed E-state index contributed by atoms with van der Waals surface area (Å²) in [6, 6.07) is 12.2. The Morgan fingerprint density at radius 3 is 2.75 bits per heavy atom. The van der Waals surface area contributed by atoms with Crippen molar-refractivity contribution in [3.8, 4) is 0 Å². The fourth-order valence-electron chi connectivity index (χ4n) is 2.64. The molecular formula is C16H10Br2FN5. The van der Waals surface area contributed by atoms with Gasteiger partial charge in [0.25, 0.3) is 0 Å². The number of nitrogens with one attached hydrogen (secondary N) is 1. The lowest BCUT2D eigenvalue weighted by atomic mass is 10.0. The van der Waals surface area contributed by atoms with Gasteiger partial charge < -0.3 is 5.32 Å². The zero-order valence-corrected chi connectivity index (χ0v) is 15.3. The quantitative estimate of drug-likeness (QED) is 0.628. The molecule has 0 aliphatic carbocycles. The van der Waals surface area contributed by atoms with Gasteiger partial charge in [-0.3, -0.25) is 0 Å². The van der Waals surface area contributed by atoms with Crippen LogP contribution in [-0.4, -0.2) is 20.2 Å². The Labute approximate surface area is 153 Å². The van der Waals surface area contributed by atoms with Crippen LogP contribution in [0.2, 0.25) is 0 Å². The molecule has 1 atom stereocenters. The zero-order valence-electron chi connectivity index (χ0n) is 12.1. The summed E-state index contributed by atoms with van der Waals surface area (Å²) in [5.41, 5.74) is 2.27. The minimum atomic E-state index is -0.442. The summed E-state index contributed by atoms with van der Waals surface area (Å²) in [5.74, 6) is 0.160. The maximum atomic E-state index is 14.4. The average Bonchev–Trinajstić information content (AvgIpc) is 3.05. The second-order valence-corrected chi connectivity index (χ2v) is 7.10. The molecule has 0 spiro atoms. The molecule has 0 bridgehead atoms. The van der Waals surface area contributed by atoms with Crippen molar-refractivity contribution in [3.63, 3.8) is 0 Å². The van der Waals surface area contributed by atoms with E-state index in [2.05, 4.69) is 52.7 Å².